The van der Waals surface area contributed by atoms with Crippen LogP contribution in [0.4, 0.5) is 5.69 Å². The molecule has 0 fully saturated rings. The van der Waals surface area contributed by atoms with E-state index >= 15 is 0 Å². The lowest BCUT2D eigenvalue weighted by Gasteiger charge is -2.24. The average molecular weight is 303 g/mol. The Hall–Kier alpha value is -1.71. The lowest BCUT2D eigenvalue weighted by molar-refractivity contribution is 0.331. The molecule has 2 aromatic rings. The SMILES string of the molecule is C[C@@H](N)c1ccc(N2CCOc3ccccc3C2)c(Cl)c1. The molecule has 4 heteroatoms. The van der Waals surface area contributed by atoms with Gasteiger partial charge in [-0.15, -0.1) is 0 Å². The molecule has 0 unspecified atom stereocenters. The van der Waals surface area contributed by atoms with Gasteiger partial charge in [0.25, 0.3) is 0 Å². The predicted molar refractivity (Wildman–Crippen MR) is 87.0 cm³/mol. The highest BCUT2D eigenvalue weighted by molar-refractivity contribution is 6.33. The first-order chi connectivity index (χ1) is 10.1. The number of ether oxygens (including phenoxy) is 1. The van der Waals surface area contributed by atoms with Gasteiger partial charge in [0.05, 0.1) is 17.3 Å². The number of fused-ring (bicyclic) bond motifs is 1. The molecule has 0 bridgehead atoms. The van der Waals surface area contributed by atoms with Gasteiger partial charge in [0.2, 0.25) is 0 Å². The Bertz CT molecular complexity index is 642. The van der Waals surface area contributed by atoms with E-state index in [0.717, 1.165) is 35.1 Å². The number of nitrogens with two attached hydrogens (primary N) is 1. The van der Waals surface area contributed by atoms with E-state index < -0.39 is 0 Å². The zero-order chi connectivity index (χ0) is 14.8. The highest BCUT2D eigenvalue weighted by Gasteiger charge is 2.17. The van der Waals surface area contributed by atoms with E-state index in [2.05, 4.69) is 17.0 Å². The normalized spacial score (nSPS) is 15.9. The van der Waals surface area contributed by atoms with Gasteiger partial charge in [-0.3, -0.25) is 0 Å². The van der Waals surface area contributed by atoms with Crippen molar-refractivity contribution in [3.05, 3.63) is 58.6 Å². The summed E-state index contributed by atoms with van der Waals surface area (Å²) in [6.45, 7) is 4.23. The maximum Gasteiger partial charge on any atom is 0.124 e. The lowest BCUT2D eigenvalue weighted by Crippen LogP contribution is -2.25. The Morgan fingerprint density at radius 3 is 2.81 bits per heavy atom. The van der Waals surface area contributed by atoms with Crippen molar-refractivity contribution in [1.29, 1.82) is 0 Å². The number of nitrogens with zero attached hydrogens (tertiary/aromatic N) is 1. The molecule has 3 rings (SSSR count). The van der Waals surface area contributed by atoms with E-state index in [9.17, 15) is 0 Å². The van der Waals surface area contributed by atoms with Crippen molar-refractivity contribution in [3.8, 4) is 5.75 Å². The summed E-state index contributed by atoms with van der Waals surface area (Å²) in [5.41, 5.74) is 9.17. The van der Waals surface area contributed by atoms with E-state index in [1.165, 1.54) is 5.56 Å². The van der Waals surface area contributed by atoms with Gasteiger partial charge in [0, 0.05) is 18.2 Å². The lowest BCUT2D eigenvalue weighted by atomic mass is 10.1. The minimum atomic E-state index is -0.00950. The first kappa shape index (κ1) is 14.2. The van der Waals surface area contributed by atoms with E-state index in [1.54, 1.807) is 0 Å². The van der Waals surface area contributed by atoms with E-state index in [4.69, 9.17) is 22.1 Å². The molecular formula is C17H19ClN2O. The molecule has 1 aliphatic rings. The van der Waals surface area contributed by atoms with E-state index in [1.807, 2.05) is 37.3 Å². The fourth-order valence-electron chi connectivity index (χ4n) is 2.59. The Labute approximate surface area is 130 Å². The Balaban J connectivity index is 1.91. The molecule has 0 spiro atoms. The van der Waals surface area contributed by atoms with Crippen LogP contribution in [0.5, 0.6) is 5.75 Å². The third kappa shape index (κ3) is 2.99. The second kappa shape index (κ2) is 5.96. The molecule has 0 aliphatic carbocycles. The third-order valence-corrected chi connectivity index (χ3v) is 4.09. The van der Waals surface area contributed by atoms with Crippen LogP contribution in [-0.2, 0) is 6.54 Å². The van der Waals surface area contributed by atoms with Crippen LogP contribution < -0.4 is 15.4 Å². The smallest absolute Gasteiger partial charge is 0.124 e. The molecule has 1 atom stereocenters. The summed E-state index contributed by atoms with van der Waals surface area (Å²) in [7, 11) is 0. The molecule has 1 aliphatic heterocycles. The fourth-order valence-corrected chi connectivity index (χ4v) is 2.90. The standard InChI is InChI=1S/C17H19ClN2O/c1-12(19)13-6-7-16(15(18)10-13)20-8-9-21-17-5-3-2-4-14(17)11-20/h2-7,10,12H,8-9,11,19H2,1H3/t12-/m1/s1. The average Bonchev–Trinajstić information content (AvgIpc) is 2.69. The molecular weight excluding hydrogens is 284 g/mol. The van der Waals surface area contributed by atoms with Crippen LogP contribution in [0.1, 0.15) is 24.1 Å². The first-order valence-electron chi connectivity index (χ1n) is 7.16. The van der Waals surface area contributed by atoms with Crippen LogP contribution in [0.2, 0.25) is 5.02 Å². The maximum absolute atomic E-state index is 6.45. The minimum Gasteiger partial charge on any atom is -0.491 e. The van der Waals surface area contributed by atoms with E-state index in [-0.39, 0.29) is 6.04 Å². The molecule has 1 heterocycles. The third-order valence-electron chi connectivity index (χ3n) is 3.79. The topological polar surface area (TPSA) is 38.5 Å². The fraction of sp³-hybridized carbons (Fsp3) is 0.294. The van der Waals surface area contributed by atoms with Crippen molar-refractivity contribution in [2.75, 3.05) is 18.1 Å². The van der Waals surface area contributed by atoms with Crippen molar-refractivity contribution < 1.29 is 4.74 Å². The summed E-state index contributed by atoms with van der Waals surface area (Å²) in [4.78, 5) is 2.25. The number of hydrogen-bond acceptors (Lipinski definition) is 3. The number of halogens is 1. The summed E-state index contributed by atoms with van der Waals surface area (Å²) >= 11 is 6.45. The van der Waals surface area contributed by atoms with Crippen molar-refractivity contribution in [2.24, 2.45) is 5.73 Å². The summed E-state index contributed by atoms with van der Waals surface area (Å²) in [6.07, 6.45) is 0. The molecule has 110 valence electrons. The molecule has 0 saturated heterocycles. The van der Waals surface area contributed by atoms with Gasteiger partial charge in [-0.2, -0.15) is 0 Å². The Morgan fingerprint density at radius 1 is 1.24 bits per heavy atom. The van der Waals surface area contributed by atoms with Crippen LogP contribution >= 0.6 is 11.6 Å². The Kier molecular flexibility index (Phi) is 4.04. The van der Waals surface area contributed by atoms with E-state index in [0.29, 0.717) is 6.61 Å². The summed E-state index contributed by atoms with van der Waals surface area (Å²) in [5, 5.41) is 0.740. The number of hydrogen-bond donors (Lipinski definition) is 1. The zero-order valence-electron chi connectivity index (χ0n) is 12.1. The van der Waals surface area contributed by atoms with Gasteiger partial charge in [-0.1, -0.05) is 35.9 Å². The van der Waals surface area contributed by atoms with Gasteiger partial charge < -0.3 is 15.4 Å². The van der Waals surface area contributed by atoms with Gasteiger partial charge in [-0.25, -0.2) is 0 Å². The number of para-hydroxylation sites is 1. The number of benzene rings is 2. The van der Waals surface area contributed by atoms with Crippen LogP contribution in [0, 0.1) is 0 Å². The summed E-state index contributed by atoms with van der Waals surface area (Å²) < 4.78 is 5.80. The van der Waals surface area contributed by atoms with Crippen LogP contribution in [0.25, 0.3) is 0 Å². The van der Waals surface area contributed by atoms with Crippen molar-refractivity contribution in [2.45, 2.75) is 19.5 Å². The minimum absolute atomic E-state index is 0.00950. The van der Waals surface area contributed by atoms with Crippen molar-refractivity contribution in [3.63, 3.8) is 0 Å². The highest BCUT2D eigenvalue weighted by Crippen LogP contribution is 2.32. The largest absolute Gasteiger partial charge is 0.491 e. The van der Waals surface area contributed by atoms with Crippen molar-refractivity contribution in [1.82, 2.24) is 0 Å². The summed E-state index contributed by atoms with van der Waals surface area (Å²) in [6, 6.07) is 14.2. The second-order valence-corrected chi connectivity index (χ2v) is 5.78. The molecule has 3 nitrogen and oxygen atoms in total. The molecule has 2 aromatic carbocycles. The van der Waals surface area contributed by atoms with Gasteiger partial charge >= 0.3 is 0 Å². The first-order valence-corrected chi connectivity index (χ1v) is 7.53. The second-order valence-electron chi connectivity index (χ2n) is 5.38. The number of anilines is 1. The van der Waals surface area contributed by atoms with Crippen molar-refractivity contribution >= 4 is 17.3 Å². The van der Waals surface area contributed by atoms with Crippen LogP contribution in [-0.4, -0.2) is 13.2 Å². The van der Waals surface area contributed by atoms with Gasteiger partial charge in [0.1, 0.15) is 12.4 Å². The maximum atomic E-state index is 6.45. The van der Waals surface area contributed by atoms with Crippen LogP contribution in [0.3, 0.4) is 0 Å². The van der Waals surface area contributed by atoms with Crippen LogP contribution in [0.15, 0.2) is 42.5 Å². The molecule has 2 N–H and O–H groups in total. The molecule has 0 radical (unpaired) electrons. The molecule has 0 amide bonds. The molecule has 21 heavy (non-hydrogen) atoms. The van der Waals surface area contributed by atoms with Gasteiger partial charge in [-0.05, 0) is 30.7 Å². The Morgan fingerprint density at radius 2 is 2.05 bits per heavy atom. The predicted octanol–water partition coefficient (Wildman–Crippen LogP) is 3.76. The molecule has 0 aromatic heterocycles. The highest BCUT2D eigenvalue weighted by atomic mass is 35.5. The molecule has 0 saturated carbocycles. The monoisotopic (exact) mass is 302 g/mol. The quantitative estimate of drug-likeness (QED) is 0.918. The number of rotatable bonds is 2. The summed E-state index contributed by atoms with van der Waals surface area (Å²) in [5.74, 6) is 0.961. The zero-order valence-corrected chi connectivity index (χ0v) is 12.8. The van der Waals surface area contributed by atoms with Gasteiger partial charge in [0.15, 0.2) is 0 Å².